The van der Waals surface area contributed by atoms with Crippen LogP contribution in [0, 0.1) is 0 Å². The topological polar surface area (TPSA) is 62.6 Å². The van der Waals surface area contributed by atoms with Crippen LogP contribution in [0.4, 0.5) is 11.4 Å². The molecule has 1 aliphatic heterocycles. The van der Waals surface area contributed by atoms with Crippen LogP contribution in [0.15, 0.2) is 65.1 Å². The number of rotatable bonds is 5. The number of furan rings is 1. The van der Waals surface area contributed by atoms with Crippen molar-refractivity contribution < 1.29 is 14.0 Å². The van der Waals surface area contributed by atoms with Crippen molar-refractivity contribution in [1.29, 1.82) is 0 Å². The Balaban J connectivity index is 1.34. The van der Waals surface area contributed by atoms with Crippen molar-refractivity contribution in [3.05, 3.63) is 72.0 Å². The molecule has 1 N–H and O–H groups in total. The average Bonchev–Trinajstić information content (AvgIpc) is 3.34. The molecule has 2 heterocycles. The number of benzene rings is 2. The van der Waals surface area contributed by atoms with Gasteiger partial charge in [0.2, 0.25) is 11.8 Å². The summed E-state index contributed by atoms with van der Waals surface area (Å²) in [5.74, 6) is 1.59. The van der Waals surface area contributed by atoms with Crippen molar-refractivity contribution in [2.45, 2.75) is 26.2 Å². The second kappa shape index (κ2) is 7.72. The number of anilines is 2. The standard InChI is InChI=1S/C23H22N2O3/c1-16(26)25-14-13-18-15-19(7-10-21(18)25)24-23(27)12-9-20-8-11-22(28-20)17-5-3-2-4-6-17/h2-8,10-11,15H,9,12-14H2,1H3,(H,24,27). The molecule has 2 amide bonds. The zero-order valence-corrected chi connectivity index (χ0v) is 15.8. The van der Waals surface area contributed by atoms with Crippen molar-refractivity contribution >= 4 is 23.2 Å². The van der Waals surface area contributed by atoms with Crippen LogP contribution >= 0.6 is 0 Å². The minimum Gasteiger partial charge on any atom is -0.461 e. The van der Waals surface area contributed by atoms with Crippen LogP contribution < -0.4 is 10.2 Å². The number of aryl methyl sites for hydroxylation is 1. The number of amides is 2. The number of hydrogen-bond donors (Lipinski definition) is 1. The fourth-order valence-electron chi connectivity index (χ4n) is 3.54. The van der Waals surface area contributed by atoms with Gasteiger partial charge in [-0.15, -0.1) is 0 Å². The molecule has 142 valence electrons. The number of hydrogen-bond acceptors (Lipinski definition) is 3. The lowest BCUT2D eigenvalue weighted by Gasteiger charge is -2.15. The van der Waals surface area contributed by atoms with Crippen molar-refractivity contribution in [2.24, 2.45) is 0 Å². The summed E-state index contributed by atoms with van der Waals surface area (Å²) in [4.78, 5) is 25.7. The molecule has 1 aromatic heterocycles. The molecule has 4 rings (SSSR count). The Labute approximate surface area is 164 Å². The van der Waals surface area contributed by atoms with E-state index in [-0.39, 0.29) is 11.8 Å². The summed E-state index contributed by atoms with van der Waals surface area (Å²) in [6, 6.07) is 19.5. The Kier molecular flexibility index (Phi) is 4.98. The van der Waals surface area contributed by atoms with E-state index < -0.39 is 0 Å². The van der Waals surface area contributed by atoms with E-state index >= 15 is 0 Å². The summed E-state index contributed by atoms with van der Waals surface area (Å²) >= 11 is 0. The van der Waals surface area contributed by atoms with Gasteiger partial charge >= 0.3 is 0 Å². The fourth-order valence-corrected chi connectivity index (χ4v) is 3.54. The molecule has 0 spiro atoms. The van der Waals surface area contributed by atoms with Crippen LogP contribution in [-0.2, 0) is 22.4 Å². The van der Waals surface area contributed by atoms with Gasteiger partial charge in [0.1, 0.15) is 11.5 Å². The van der Waals surface area contributed by atoms with Gasteiger partial charge in [0, 0.05) is 43.2 Å². The quantitative estimate of drug-likeness (QED) is 0.719. The van der Waals surface area contributed by atoms with Gasteiger partial charge in [-0.05, 0) is 42.3 Å². The van der Waals surface area contributed by atoms with Gasteiger partial charge in [-0.25, -0.2) is 0 Å². The Hall–Kier alpha value is -3.34. The summed E-state index contributed by atoms with van der Waals surface area (Å²) in [6.07, 6.45) is 1.70. The maximum absolute atomic E-state index is 12.3. The predicted molar refractivity (Wildman–Crippen MR) is 109 cm³/mol. The van der Waals surface area contributed by atoms with E-state index in [2.05, 4.69) is 5.32 Å². The number of nitrogens with zero attached hydrogens (tertiary/aromatic N) is 1. The Morgan fingerprint density at radius 1 is 1.07 bits per heavy atom. The summed E-state index contributed by atoms with van der Waals surface area (Å²) in [6.45, 7) is 2.27. The third-order valence-electron chi connectivity index (χ3n) is 4.96. The monoisotopic (exact) mass is 374 g/mol. The third kappa shape index (κ3) is 3.83. The summed E-state index contributed by atoms with van der Waals surface area (Å²) in [7, 11) is 0. The molecular weight excluding hydrogens is 352 g/mol. The maximum Gasteiger partial charge on any atom is 0.224 e. The molecule has 3 aromatic rings. The predicted octanol–water partition coefficient (Wildman–Crippen LogP) is 4.43. The van der Waals surface area contributed by atoms with Gasteiger partial charge in [0.15, 0.2) is 0 Å². The molecule has 0 bridgehead atoms. The first-order valence-corrected chi connectivity index (χ1v) is 9.45. The van der Waals surface area contributed by atoms with Crippen LogP contribution in [0.25, 0.3) is 11.3 Å². The first-order chi connectivity index (χ1) is 13.6. The number of carbonyl (C=O) groups is 2. The molecule has 0 fully saturated rings. The van der Waals surface area contributed by atoms with E-state index in [1.807, 2.05) is 60.7 Å². The van der Waals surface area contributed by atoms with Gasteiger partial charge in [-0.2, -0.15) is 0 Å². The van der Waals surface area contributed by atoms with Crippen LogP contribution in [0.2, 0.25) is 0 Å². The SMILES string of the molecule is CC(=O)N1CCc2cc(NC(=O)CCc3ccc(-c4ccccc4)o3)ccc21. The van der Waals surface area contributed by atoms with E-state index in [1.54, 1.807) is 11.8 Å². The molecule has 5 nitrogen and oxygen atoms in total. The summed E-state index contributed by atoms with van der Waals surface area (Å²) in [5.41, 5.74) is 3.82. The van der Waals surface area contributed by atoms with Crippen molar-refractivity contribution in [3.8, 4) is 11.3 Å². The van der Waals surface area contributed by atoms with Gasteiger partial charge in [0.25, 0.3) is 0 Å². The van der Waals surface area contributed by atoms with E-state index in [0.717, 1.165) is 40.4 Å². The van der Waals surface area contributed by atoms with Crippen molar-refractivity contribution in [2.75, 3.05) is 16.8 Å². The zero-order chi connectivity index (χ0) is 19.5. The number of fused-ring (bicyclic) bond motifs is 1. The molecule has 0 saturated carbocycles. The molecule has 1 aliphatic rings. The number of carbonyl (C=O) groups excluding carboxylic acids is 2. The lowest BCUT2D eigenvalue weighted by atomic mass is 10.1. The normalized spacial score (nSPS) is 12.7. The van der Waals surface area contributed by atoms with Crippen LogP contribution in [0.3, 0.4) is 0 Å². The van der Waals surface area contributed by atoms with E-state index in [4.69, 9.17) is 4.42 Å². The molecule has 0 saturated heterocycles. The van der Waals surface area contributed by atoms with Crippen LogP contribution in [0.5, 0.6) is 0 Å². The van der Waals surface area contributed by atoms with Crippen LogP contribution in [0.1, 0.15) is 24.7 Å². The highest BCUT2D eigenvalue weighted by molar-refractivity contribution is 5.95. The van der Waals surface area contributed by atoms with Crippen molar-refractivity contribution in [1.82, 2.24) is 0 Å². The Bertz CT molecular complexity index is 1010. The average molecular weight is 374 g/mol. The minimum atomic E-state index is -0.0565. The summed E-state index contributed by atoms with van der Waals surface area (Å²) < 4.78 is 5.85. The lowest BCUT2D eigenvalue weighted by Crippen LogP contribution is -2.25. The van der Waals surface area contributed by atoms with Gasteiger partial charge < -0.3 is 14.6 Å². The van der Waals surface area contributed by atoms with Gasteiger partial charge in [-0.1, -0.05) is 30.3 Å². The molecule has 0 atom stereocenters. The largest absolute Gasteiger partial charge is 0.461 e. The second-order valence-electron chi connectivity index (χ2n) is 6.94. The Morgan fingerprint density at radius 2 is 1.89 bits per heavy atom. The Morgan fingerprint density at radius 3 is 2.68 bits per heavy atom. The zero-order valence-electron chi connectivity index (χ0n) is 15.8. The molecule has 0 aliphatic carbocycles. The lowest BCUT2D eigenvalue weighted by molar-refractivity contribution is -0.117. The van der Waals surface area contributed by atoms with Gasteiger partial charge in [0.05, 0.1) is 0 Å². The summed E-state index contributed by atoms with van der Waals surface area (Å²) in [5, 5.41) is 2.94. The first-order valence-electron chi connectivity index (χ1n) is 9.45. The first kappa shape index (κ1) is 18.0. The highest BCUT2D eigenvalue weighted by Crippen LogP contribution is 2.30. The fraction of sp³-hybridized carbons (Fsp3) is 0.217. The smallest absolute Gasteiger partial charge is 0.224 e. The van der Waals surface area contributed by atoms with Gasteiger partial charge in [-0.3, -0.25) is 9.59 Å². The van der Waals surface area contributed by atoms with Crippen molar-refractivity contribution in [3.63, 3.8) is 0 Å². The van der Waals surface area contributed by atoms with E-state index in [1.165, 1.54) is 0 Å². The highest BCUT2D eigenvalue weighted by atomic mass is 16.3. The molecular formula is C23H22N2O3. The second-order valence-corrected chi connectivity index (χ2v) is 6.94. The van der Waals surface area contributed by atoms with Crippen LogP contribution in [-0.4, -0.2) is 18.4 Å². The third-order valence-corrected chi connectivity index (χ3v) is 4.96. The minimum absolute atomic E-state index is 0.0452. The molecule has 0 radical (unpaired) electrons. The molecule has 0 unspecified atom stereocenters. The molecule has 28 heavy (non-hydrogen) atoms. The molecule has 5 heteroatoms. The highest BCUT2D eigenvalue weighted by Gasteiger charge is 2.22. The van der Waals surface area contributed by atoms with E-state index in [0.29, 0.717) is 19.4 Å². The maximum atomic E-state index is 12.3. The molecule has 2 aromatic carbocycles. The number of nitrogens with one attached hydrogen (secondary N) is 1. The van der Waals surface area contributed by atoms with E-state index in [9.17, 15) is 9.59 Å².